The molecule has 0 spiro atoms. The van der Waals surface area contributed by atoms with E-state index in [4.69, 9.17) is 19.8 Å². The van der Waals surface area contributed by atoms with Crippen molar-refractivity contribution in [1.29, 1.82) is 0 Å². The molecule has 0 saturated heterocycles. The van der Waals surface area contributed by atoms with Crippen LogP contribution in [0, 0.1) is 0 Å². The number of rotatable bonds is 4. The molecule has 9 heteroatoms. The summed E-state index contributed by atoms with van der Waals surface area (Å²) in [6.45, 7) is 3.09. The van der Waals surface area contributed by atoms with E-state index in [-0.39, 0.29) is 18.9 Å². The van der Waals surface area contributed by atoms with Crippen LogP contribution in [0.1, 0.15) is 6.92 Å². The fraction of sp³-hybridized carbons (Fsp3) is 0.500. The van der Waals surface area contributed by atoms with Gasteiger partial charge in [0.1, 0.15) is 6.29 Å². The summed E-state index contributed by atoms with van der Waals surface area (Å²) in [6, 6.07) is 0. The Bertz CT molecular complexity index is 156. The summed E-state index contributed by atoms with van der Waals surface area (Å²) in [4.78, 5) is 27.7. The first-order valence-electron chi connectivity index (χ1n) is 3.70. The molecule has 3 N–H and O–H groups in total. The number of nitrogens with one attached hydrogen (secondary N) is 1. The average molecular weight is 348 g/mol. The van der Waals surface area contributed by atoms with Gasteiger partial charge in [-0.05, 0) is 6.92 Å². The molecule has 0 heterocycles. The number of hydrogen-bond acceptors (Lipinski definition) is 4. The van der Waals surface area contributed by atoms with Gasteiger partial charge in [0.15, 0.2) is 5.81 Å². The second-order valence-corrected chi connectivity index (χ2v) is 3.98. The SMILES string of the molecule is CC=O.O=C([B]PI)NCCO.O=CO. The molecular weight excluding hydrogens is 335 g/mol. The molecule has 1 radical (unpaired) electrons. The van der Waals surface area contributed by atoms with Crippen LogP contribution >= 0.6 is 28.1 Å². The van der Waals surface area contributed by atoms with Gasteiger partial charge in [-0.1, -0.05) is 28.1 Å². The van der Waals surface area contributed by atoms with Gasteiger partial charge in [0.05, 0.1) is 6.61 Å². The van der Waals surface area contributed by atoms with Crippen molar-refractivity contribution in [3.05, 3.63) is 0 Å². The molecule has 0 aromatic heterocycles. The van der Waals surface area contributed by atoms with Crippen LogP contribution in [0.4, 0.5) is 4.79 Å². The predicted octanol–water partition coefficient (Wildman–Crippen LogP) is 0.242. The zero-order chi connectivity index (χ0) is 12.5. The van der Waals surface area contributed by atoms with Crippen molar-refractivity contribution in [2.75, 3.05) is 13.2 Å². The Morgan fingerprint density at radius 3 is 2.27 bits per heavy atom. The lowest BCUT2D eigenvalue weighted by atomic mass is 10.1. The summed E-state index contributed by atoms with van der Waals surface area (Å²) in [5, 5.41) is 17.6. The molecule has 1 amide bonds. The molecule has 0 aliphatic heterocycles. The molecule has 0 aromatic carbocycles. The molecule has 1 atom stereocenters. The zero-order valence-corrected chi connectivity index (χ0v) is 11.3. The van der Waals surface area contributed by atoms with Gasteiger partial charge >= 0.3 is 0 Å². The summed E-state index contributed by atoms with van der Waals surface area (Å²) in [6.07, 6.45) is 1.25. The first-order chi connectivity index (χ1) is 7.14. The van der Waals surface area contributed by atoms with Crippen LogP contribution in [0.3, 0.4) is 0 Å². The highest BCUT2D eigenvalue weighted by Crippen LogP contribution is 2.16. The van der Waals surface area contributed by atoms with E-state index in [1.54, 1.807) is 7.00 Å². The Balaban J connectivity index is -0.000000200. The van der Waals surface area contributed by atoms with Crippen LogP contribution in [0.5, 0.6) is 0 Å². The number of hydrogen-bond donors (Lipinski definition) is 3. The molecule has 0 fully saturated rings. The lowest BCUT2D eigenvalue weighted by Gasteiger charge is -1.97. The fourth-order valence-electron chi connectivity index (χ4n) is 0.280. The number of halogens is 1. The first kappa shape index (κ1) is 20.2. The second kappa shape index (κ2) is 23.5. The summed E-state index contributed by atoms with van der Waals surface area (Å²) >= 11 is 2.10. The van der Waals surface area contributed by atoms with Crippen LogP contribution in [-0.2, 0) is 9.59 Å². The van der Waals surface area contributed by atoms with Crippen molar-refractivity contribution >= 4 is 53.7 Å². The normalized spacial score (nSPS) is 7.67. The van der Waals surface area contributed by atoms with E-state index in [2.05, 4.69) is 27.4 Å². The van der Waals surface area contributed by atoms with Gasteiger partial charge in [-0.15, -0.1) is 0 Å². The summed E-state index contributed by atoms with van der Waals surface area (Å²) in [5.41, 5.74) is 0. The Kier molecular flexibility index (Phi) is 31.8. The second-order valence-electron chi connectivity index (χ2n) is 1.61. The monoisotopic (exact) mass is 348 g/mol. The Morgan fingerprint density at radius 2 is 2.00 bits per heavy atom. The van der Waals surface area contributed by atoms with Gasteiger partial charge in [-0.25, -0.2) is 0 Å². The maximum Gasteiger partial charge on any atom is 0.290 e. The van der Waals surface area contributed by atoms with E-state index in [0.717, 1.165) is 6.29 Å². The third kappa shape index (κ3) is 41.6. The number of aliphatic hydroxyl groups is 1. The maximum atomic E-state index is 10.5. The molecule has 0 aliphatic rings. The van der Waals surface area contributed by atoms with Gasteiger partial charge < -0.3 is 20.3 Å². The highest BCUT2D eigenvalue weighted by molar-refractivity contribution is 14.2. The molecule has 0 aromatic rings. The van der Waals surface area contributed by atoms with Crippen LogP contribution in [0.2, 0.25) is 0 Å². The molecule has 0 bridgehead atoms. The van der Waals surface area contributed by atoms with Crippen LogP contribution < -0.4 is 5.32 Å². The van der Waals surface area contributed by atoms with Crippen molar-refractivity contribution in [2.24, 2.45) is 0 Å². The van der Waals surface area contributed by atoms with Crippen LogP contribution in [-0.4, -0.2) is 48.9 Å². The molecular formula is C6H13BINO5P. The molecule has 0 rings (SSSR count). The van der Waals surface area contributed by atoms with Gasteiger partial charge in [-0.2, -0.15) is 0 Å². The molecule has 6 nitrogen and oxygen atoms in total. The maximum absolute atomic E-state index is 10.5. The average Bonchev–Trinajstić information content (AvgIpc) is 2.18. The van der Waals surface area contributed by atoms with Crippen molar-refractivity contribution in [2.45, 2.75) is 6.92 Å². The largest absolute Gasteiger partial charge is 0.483 e. The van der Waals surface area contributed by atoms with E-state index in [1.807, 2.05) is 0 Å². The number of aliphatic hydroxyl groups excluding tert-OH is 1. The first-order valence-corrected chi connectivity index (χ1v) is 7.89. The summed E-state index contributed by atoms with van der Waals surface area (Å²) in [5.74, 6) is -0.100. The number of carbonyl (C=O) groups excluding carboxylic acids is 2. The Morgan fingerprint density at radius 1 is 1.60 bits per heavy atom. The van der Waals surface area contributed by atoms with Crippen molar-refractivity contribution < 1.29 is 24.6 Å². The van der Waals surface area contributed by atoms with E-state index in [0.29, 0.717) is 12.6 Å². The highest BCUT2D eigenvalue weighted by atomic mass is 127. The molecule has 0 aliphatic carbocycles. The summed E-state index contributed by atoms with van der Waals surface area (Å²) < 4.78 is 0. The van der Waals surface area contributed by atoms with E-state index in [9.17, 15) is 4.79 Å². The lowest BCUT2D eigenvalue weighted by Crippen LogP contribution is -2.27. The van der Waals surface area contributed by atoms with Crippen LogP contribution in [0.25, 0.3) is 0 Å². The smallest absolute Gasteiger partial charge is 0.290 e. The minimum atomic E-state index is -0.250. The van der Waals surface area contributed by atoms with Gasteiger partial charge in [0, 0.05) is 6.54 Å². The number of amides is 1. The molecule has 15 heavy (non-hydrogen) atoms. The van der Waals surface area contributed by atoms with Gasteiger partial charge in [-0.3, -0.25) is 9.59 Å². The zero-order valence-electron chi connectivity index (χ0n) is 8.14. The quantitative estimate of drug-likeness (QED) is 0.292. The summed E-state index contributed by atoms with van der Waals surface area (Å²) in [7, 11) is 0. The standard InChI is InChI=1S/C3H7BINO2P.C2H4O.CH2O2/c5-9-4-3(8)6-1-2-7;1-2-3;2-1-3/h7,9H,1-2H2,(H,6,8);2H,1H3;1H,(H,2,3). The number of aldehydes is 1. The minimum Gasteiger partial charge on any atom is -0.483 e. The van der Waals surface area contributed by atoms with E-state index in [1.165, 1.54) is 6.92 Å². The van der Waals surface area contributed by atoms with Crippen molar-refractivity contribution in [3.8, 4) is 0 Å². The van der Waals surface area contributed by atoms with Crippen LogP contribution in [0.15, 0.2) is 0 Å². The highest BCUT2D eigenvalue weighted by Gasteiger charge is 1.98. The Hall–Kier alpha value is -0.205. The van der Waals surface area contributed by atoms with E-state index >= 15 is 0 Å². The predicted molar refractivity (Wildman–Crippen MR) is 69.0 cm³/mol. The minimum absolute atomic E-state index is 0.00391. The Labute approximate surface area is 104 Å². The van der Waals surface area contributed by atoms with Crippen molar-refractivity contribution in [3.63, 3.8) is 0 Å². The third-order valence-electron chi connectivity index (χ3n) is 0.597. The number of carboxylic acid groups (broad SMARTS) is 1. The van der Waals surface area contributed by atoms with Gasteiger partial charge in [0.2, 0.25) is 0 Å². The lowest BCUT2D eigenvalue weighted by molar-refractivity contribution is -0.122. The molecule has 0 saturated carbocycles. The number of carbonyl (C=O) groups is 3. The topological polar surface area (TPSA) is 104 Å². The fourth-order valence-corrected chi connectivity index (χ4v) is 1.33. The molecule has 87 valence electrons. The van der Waals surface area contributed by atoms with E-state index < -0.39 is 0 Å². The third-order valence-corrected chi connectivity index (χ3v) is 1.90. The molecule has 1 unspecified atom stereocenters. The van der Waals surface area contributed by atoms with Gasteiger partial charge in [0.25, 0.3) is 13.5 Å². The van der Waals surface area contributed by atoms with Crippen molar-refractivity contribution in [1.82, 2.24) is 5.32 Å².